The van der Waals surface area contributed by atoms with Crippen molar-refractivity contribution in [2.75, 3.05) is 0 Å². The highest BCUT2D eigenvalue weighted by Crippen LogP contribution is 2.32. The molecule has 0 atom stereocenters. The topological polar surface area (TPSA) is 9.23 Å². The number of hydrogen-bond donors (Lipinski definition) is 0. The average molecular weight is 479 g/mol. The van der Waals surface area contributed by atoms with E-state index in [4.69, 9.17) is 4.74 Å². The Balaban J connectivity index is 1.50. The number of rotatable bonds is 8. The predicted molar refractivity (Wildman–Crippen MR) is 131 cm³/mol. The summed E-state index contributed by atoms with van der Waals surface area (Å²) in [6, 6.07) is 20.2. The summed E-state index contributed by atoms with van der Waals surface area (Å²) >= 11 is 0. The van der Waals surface area contributed by atoms with Gasteiger partial charge in [-0.25, -0.2) is 13.2 Å². The Hall–Kier alpha value is -3.60. The lowest BCUT2D eigenvalue weighted by molar-refractivity contribution is 0.284. The van der Waals surface area contributed by atoms with Gasteiger partial charge in [-0.05, 0) is 46.7 Å². The van der Waals surface area contributed by atoms with Crippen molar-refractivity contribution in [2.24, 2.45) is 0 Å². The molecule has 35 heavy (non-hydrogen) atoms. The van der Waals surface area contributed by atoms with Gasteiger partial charge in [-0.2, -0.15) is 4.39 Å². The van der Waals surface area contributed by atoms with E-state index in [2.05, 4.69) is 6.92 Å². The summed E-state index contributed by atoms with van der Waals surface area (Å²) in [6.07, 6.45) is 2.34. The maximum absolute atomic E-state index is 15.0. The summed E-state index contributed by atoms with van der Waals surface area (Å²) in [5.74, 6) is -3.91. The zero-order valence-electron chi connectivity index (χ0n) is 19.7. The van der Waals surface area contributed by atoms with Crippen LogP contribution in [0.4, 0.5) is 17.6 Å². The monoisotopic (exact) mass is 478 g/mol. The van der Waals surface area contributed by atoms with Crippen molar-refractivity contribution in [3.63, 3.8) is 0 Å². The van der Waals surface area contributed by atoms with E-state index in [0.717, 1.165) is 18.4 Å². The van der Waals surface area contributed by atoms with Gasteiger partial charge in [0.15, 0.2) is 23.2 Å². The first kappa shape index (κ1) is 24.5. The molecule has 5 heteroatoms. The molecule has 4 aromatic carbocycles. The first-order valence-electron chi connectivity index (χ1n) is 11.7. The van der Waals surface area contributed by atoms with Gasteiger partial charge in [0.05, 0.1) is 0 Å². The highest BCUT2D eigenvalue weighted by atomic mass is 19.2. The van der Waals surface area contributed by atoms with E-state index in [1.165, 1.54) is 12.1 Å². The van der Waals surface area contributed by atoms with E-state index in [9.17, 15) is 17.6 Å². The van der Waals surface area contributed by atoms with Crippen molar-refractivity contribution in [1.29, 1.82) is 0 Å². The van der Waals surface area contributed by atoms with Crippen molar-refractivity contribution in [2.45, 2.75) is 39.7 Å². The minimum Gasteiger partial charge on any atom is -0.486 e. The van der Waals surface area contributed by atoms with Gasteiger partial charge in [-0.15, -0.1) is 0 Å². The molecular formula is C30H26F4O. The second kappa shape index (κ2) is 10.8. The van der Waals surface area contributed by atoms with Gasteiger partial charge >= 0.3 is 0 Å². The molecule has 0 amide bonds. The Labute approximate surface area is 203 Å². The zero-order valence-corrected chi connectivity index (χ0v) is 19.7. The Bertz CT molecular complexity index is 1310. The highest BCUT2D eigenvalue weighted by Gasteiger charge is 2.17. The molecule has 0 bridgehead atoms. The predicted octanol–water partition coefficient (Wildman–Crippen LogP) is 8.67. The Morgan fingerprint density at radius 3 is 1.63 bits per heavy atom. The largest absolute Gasteiger partial charge is 0.486 e. The van der Waals surface area contributed by atoms with Crippen molar-refractivity contribution in [3.05, 3.63) is 113 Å². The molecule has 4 aromatic rings. The number of ether oxygens (including phenoxy) is 1. The van der Waals surface area contributed by atoms with E-state index >= 15 is 0 Å². The lowest BCUT2D eigenvalue weighted by Gasteiger charge is -2.12. The number of hydrogen-bond acceptors (Lipinski definition) is 1. The molecule has 0 fully saturated rings. The van der Waals surface area contributed by atoms with Crippen LogP contribution in [0.2, 0.25) is 0 Å². The minimum atomic E-state index is -1.02. The molecule has 0 radical (unpaired) electrons. The highest BCUT2D eigenvalue weighted by molar-refractivity contribution is 5.72. The Morgan fingerprint density at radius 2 is 1.11 bits per heavy atom. The molecule has 0 unspecified atom stereocenters. The van der Waals surface area contributed by atoms with Crippen LogP contribution in [0.25, 0.3) is 22.3 Å². The molecule has 0 spiro atoms. The molecule has 4 rings (SSSR count). The van der Waals surface area contributed by atoms with Crippen LogP contribution in [0.15, 0.2) is 72.8 Å². The molecule has 1 nitrogen and oxygen atoms in total. The third-order valence-corrected chi connectivity index (χ3v) is 6.05. The van der Waals surface area contributed by atoms with Gasteiger partial charge in [0.2, 0.25) is 5.82 Å². The van der Waals surface area contributed by atoms with Gasteiger partial charge in [0, 0.05) is 11.1 Å². The molecule has 0 aliphatic heterocycles. The quantitative estimate of drug-likeness (QED) is 0.230. The fourth-order valence-corrected chi connectivity index (χ4v) is 4.03. The van der Waals surface area contributed by atoms with Crippen LogP contribution < -0.4 is 4.74 Å². The van der Waals surface area contributed by atoms with Crippen molar-refractivity contribution >= 4 is 0 Å². The molecule has 0 aliphatic carbocycles. The first-order chi connectivity index (χ1) is 16.9. The summed E-state index contributed by atoms with van der Waals surface area (Å²) in [6.45, 7) is 3.84. The molecule has 180 valence electrons. The maximum atomic E-state index is 15.0. The zero-order chi connectivity index (χ0) is 24.9. The molecule has 0 aromatic heterocycles. The molecule has 0 saturated carbocycles. The second-order valence-electron chi connectivity index (χ2n) is 8.43. The number of benzene rings is 4. The van der Waals surface area contributed by atoms with Crippen LogP contribution in [-0.2, 0) is 19.4 Å². The molecule has 0 heterocycles. The number of aryl methyl sites for hydroxylation is 2. The van der Waals surface area contributed by atoms with Crippen molar-refractivity contribution in [3.8, 4) is 28.0 Å². The van der Waals surface area contributed by atoms with E-state index < -0.39 is 23.3 Å². The third-order valence-electron chi connectivity index (χ3n) is 6.05. The smallest absolute Gasteiger partial charge is 0.200 e. The third kappa shape index (κ3) is 5.24. The van der Waals surface area contributed by atoms with Gasteiger partial charge in [-0.1, -0.05) is 87.0 Å². The maximum Gasteiger partial charge on any atom is 0.200 e. The van der Waals surface area contributed by atoms with Gasteiger partial charge < -0.3 is 4.74 Å². The standard InChI is InChI=1S/C30H26F4O/c1-3-5-19-6-10-22(11-7-19)24-15-16-25(29(33)28(24)32)23-12-8-20(9-13-23)18-35-26-17-14-21(4-2)27(31)30(26)34/h6-17H,3-5,18H2,1-2H3. The second-order valence-corrected chi connectivity index (χ2v) is 8.43. The molecular weight excluding hydrogens is 452 g/mol. The lowest BCUT2D eigenvalue weighted by atomic mass is 9.97. The van der Waals surface area contributed by atoms with E-state index in [1.807, 2.05) is 24.3 Å². The van der Waals surface area contributed by atoms with Gasteiger partial charge in [0.1, 0.15) is 6.61 Å². The van der Waals surface area contributed by atoms with Crippen LogP contribution in [0.1, 0.15) is 37.0 Å². The normalized spacial score (nSPS) is 11.0. The van der Waals surface area contributed by atoms with E-state index in [-0.39, 0.29) is 29.0 Å². The van der Waals surface area contributed by atoms with Gasteiger partial charge in [-0.3, -0.25) is 0 Å². The van der Waals surface area contributed by atoms with Crippen LogP contribution in [0, 0.1) is 23.3 Å². The van der Waals surface area contributed by atoms with Crippen LogP contribution >= 0.6 is 0 Å². The fraction of sp³-hybridized carbons (Fsp3) is 0.200. The SMILES string of the molecule is CCCc1ccc(-c2ccc(-c3ccc(COc4ccc(CC)c(F)c4F)cc3)c(F)c2F)cc1. The minimum absolute atomic E-state index is 0.00587. The summed E-state index contributed by atoms with van der Waals surface area (Å²) in [5, 5.41) is 0. The number of halogens is 4. The molecule has 0 saturated heterocycles. The van der Waals surface area contributed by atoms with Crippen LogP contribution in [0.3, 0.4) is 0 Å². The van der Waals surface area contributed by atoms with E-state index in [1.54, 1.807) is 43.3 Å². The van der Waals surface area contributed by atoms with E-state index in [0.29, 0.717) is 23.1 Å². The van der Waals surface area contributed by atoms with Crippen molar-refractivity contribution < 1.29 is 22.3 Å². The summed E-state index contributed by atoms with van der Waals surface area (Å²) in [7, 11) is 0. The summed E-state index contributed by atoms with van der Waals surface area (Å²) in [4.78, 5) is 0. The average Bonchev–Trinajstić information content (AvgIpc) is 2.88. The van der Waals surface area contributed by atoms with Gasteiger partial charge in [0.25, 0.3) is 0 Å². The first-order valence-corrected chi connectivity index (χ1v) is 11.7. The molecule has 0 aliphatic rings. The lowest BCUT2D eigenvalue weighted by Crippen LogP contribution is -2.01. The van der Waals surface area contributed by atoms with Crippen LogP contribution in [-0.4, -0.2) is 0 Å². The molecule has 0 N–H and O–H groups in total. The summed E-state index contributed by atoms with van der Waals surface area (Å²) in [5.41, 5.74) is 3.59. The Morgan fingerprint density at radius 1 is 0.571 bits per heavy atom. The fourth-order valence-electron chi connectivity index (χ4n) is 4.03. The summed E-state index contributed by atoms with van der Waals surface area (Å²) < 4.78 is 63.5. The Kier molecular flexibility index (Phi) is 7.54. The van der Waals surface area contributed by atoms with Crippen molar-refractivity contribution in [1.82, 2.24) is 0 Å². The van der Waals surface area contributed by atoms with Crippen LogP contribution in [0.5, 0.6) is 5.75 Å².